The van der Waals surface area contributed by atoms with E-state index in [1.807, 2.05) is 45.0 Å². The van der Waals surface area contributed by atoms with Gasteiger partial charge in [-0.2, -0.15) is 0 Å². The molecule has 26 heavy (non-hydrogen) atoms. The van der Waals surface area contributed by atoms with E-state index in [4.69, 9.17) is 4.74 Å². The summed E-state index contributed by atoms with van der Waals surface area (Å²) < 4.78 is 5.89. The standard InChI is InChI=1S/C19H30N4O2.HI/c1-4-20-19(22-11-10-21-18(24)16-8-9-16)23-13-15(3)25-17-7-5-6-14(2)12-17;/h5-7,12,15-16H,4,8-11,13H2,1-3H3,(H,21,24)(H2,20,22,23);1H. The Morgan fingerprint density at radius 3 is 2.65 bits per heavy atom. The number of rotatable bonds is 9. The average molecular weight is 474 g/mol. The fraction of sp³-hybridized carbons (Fsp3) is 0.579. The molecule has 1 aliphatic rings. The van der Waals surface area contributed by atoms with Gasteiger partial charge in [-0.3, -0.25) is 4.79 Å². The number of nitrogens with zero attached hydrogens (tertiary/aromatic N) is 1. The number of hydrogen-bond donors (Lipinski definition) is 3. The summed E-state index contributed by atoms with van der Waals surface area (Å²) in [5.74, 6) is 2.02. The van der Waals surface area contributed by atoms with Gasteiger partial charge in [-0.1, -0.05) is 12.1 Å². The molecule has 1 amide bonds. The topological polar surface area (TPSA) is 74.8 Å². The lowest BCUT2D eigenvalue weighted by Crippen LogP contribution is -2.42. The van der Waals surface area contributed by atoms with Crippen LogP contribution in [-0.2, 0) is 4.79 Å². The number of guanidine groups is 1. The van der Waals surface area contributed by atoms with Crippen molar-refractivity contribution < 1.29 is 9.53 Å². The van der Waals surface area contributed by atoms with Crippen molar-refractivity contribution >= 4 is 35.8 Å². The molecule has 0 aliphatic heterocycles. The minimum Gasteiger partial charge on any atom is -0.489 e. The summed E-state index contributed by atoms with van der Waals surface area (Å²) in [6.07, 6.45) is 2.04. The van der Waals surface area contributed by atoms with Gasteiger partial charge in [-0.25, -0.2) is 4.99 Å². The molecule has 1 fully saturated rings. The molecule has 6 nitrogen and oxygen atoms in total. The van der Waals surface area contributed by atoms with Crippen LogP contribution in [0.3, 0.4) is 0 Å². The monoisotopic (exact) mass is 474 g/mol. The molecule has 7 heteroatoms. The second-order valence-electron chi connectivity index (χ2n) is 6.46. The predicted octanol–water partition coefficient (Wildman–Crippen LogP) is 2.46. The Bertz CT molecular complexity index is 591. The summed E-state index contributed by atoms with van der Waals surface area (Å²) in [6, 6.07) is 8.01. The minimum absolute atomic E-state index is 0. The molecule has 2 rings (SSSR count). The molecule has 0 aromatic heterocycles. The molecule has 1 saturated carbocycles. The maximum absolute atomic E-state index is 11.6. The van der Waals surface area contributed by atoms with Crippen LogP contribution in [0.25, 0.3) is 0 Å². The number of halogens is 1. The zero-order valence-electron chi connectivity index (χ0n) is 15.9. The maximum Gasteiger partial charge on any atom is 0.223 e. The fourth-order valence-corrected chi connectivity index (χ4v) is 2.38. The Morgan fingerprint density at radius 2 is 2.00 bits per heavy atom. The molecule has 1 aromatic carbocycles. The molecule has 0 bridgehead atoms. The molecular weight excluding hydrogens is 443 g/mol. The van der Waals surface area contributed by atoms with Gasteiger partial charge in [0.15, 0.2) is 5.96 Å². The van der Waals surface area contributed by atoms with E-state index in [1.54, 1.807) is 0 Å². The largest absolute Gasteiger partial charge is 0.489 e. The quantitative estimate of drug-likeness (QED) is 0.223. The van der Waals surface area contributed by atoms with Gasteiger partial charge in [0.25, 0.3) is 0 Å². The van der Waals surface area contributed by atoms with Crippen molar-refractivity contribution in [1.29, 1.82) is 0 Å². The van der Waals surface area contributed by atoms with Gasteiger partial charge in [0.1, 0.15) is 11.9 Å². The van der Waals surface area contributed by atoms with Crippen molar-refractivity contribution in [3.05, 3.63) is 29.8 Å². The summed E-state index contributed by atoms with van der Waals surface area (Å²) in [7, 11) is 0. The number of ether oxygens (including phenoxy) is 1. The first-order valence-electron chi connectivity index (χ1n) is 9.11. The summed E-state index contributed by atoms with van der Waals surface area (Å²) in [6.45, 7) is 8.67. The van der Waals surface area contributed by atoms with Crippen LogP contribution in [0, 0.1) is 12.8 Å². The predicted molar refractivity (Wildman–Crippen MR) is 116 cm³/mol. The normalized spacial score (nSPS) is 14.8. The van der Waals surface area contributed by atoms with Crippen LogP contribution in [0.2, 0.25) is 0 Å². The third-order valence-corrected chi connectivity index (χ3v) is 3.84. The third-order valence-electron chi connectivity index (χ3n) is 3.84. The van der Waals surface area contributed by atoms with Gasteiger partial charge >= 0.3 is 0 Å². The average Bonchev–Trinajstić information content (AvgIpc) is 3.41. The van der Waals surface area contributed by atoms with Crippen LogP contribution in [0.4, 0.5) is 0 Å². The van der Waals surface area contributed by atoms with Crippen LogP contribution < -0.4 is 20.7 Å². The number of nitrogens with one attached hydrogen (secondary N) is 3. The Labute approximate surface area is 173 Å². The lowest BCUT2D eigenvalue weighted by atomic mass is 10.2. The Balaban J connectivity index is 0.00000338. The van der Waals surface area contributed by atoms with E-state index in [0.29, 0.717) is 19.6 Å². The SMILES string of the molecule is CCNC(=NCC(C)Oc1cccc(C)c1)NCCNC(=O)C1CC1.I. The Hall–Kier alpha value is -1.51. The summed E-state index contributed by atoms with van der Waals surface area (Å²) in [5.41, 5.74) is 1.18. The van der Waals surface area contributed by atoms with E-state index in [2.05, 4.69) is 20.9 Å². The van der Waals surface area contributed by atoms with E-state index in [1.165, 1.54) is 5.56 Å². The van der Waals surface area contributed by atoms with Crippen molar-refractivity contribution in [2.75, 3.05) is 26.2 Å². The lowest BCUT2D eigenvalue weighted by molar-refractivity contribution is -0.122. The molecule has 0 heterocycles. The molecule has 1 unspecified atom stereocenters. The van der Waals surface area contributed by atoms with Gasteiger partial charge in [0, 0.05) is 25.6 Å². The van der Waals surface area contributed by atoms with Crippen LogP contribution in [0.5, 0.6) is 5.75 Å². The van der Waals surface area contributed by atoms with Gasteiger partial charge in [-0.15, -0.1) is 24.0 Å². The highest BCUT2D eigenvalue weighted by Gasteiger charge is 2.28. The summed E-state index contributed by atoms with van der Waals surface area (Å²) in [5, 5.41) is 9.37. The number of hydrogen-bond acceptors (Lipinski definition) is 3. The summed E-state index contributed by atoms with van der Waals surface area (Å²) in [4.78, 5) is 16.1. The Morgan fingerprint density at radius 1 is 1.27 bits per heavy atom. The van der Waals surface area contributed by atoms with Crippen molar-refractivity contribution in [2.24, 2.45) is 10.9 Å². The molecule has 1 aliphatic carbocycles. The first-order valence-corrected chi connectivity index (χ1v) is 9.11. The molecular formula is C19H31IN4O2. The van der Waals surface area contributed by atoms with Crippen LogP contribution in [-0.4, -0.2) is 44.1 Å². The molecule has 1 atom stereocenters. The van der Waals surface area contributed by atoms with E-state index in [9.17, 15) is 4.79 Å². The van der Waals surface area contributed by atoms with E-state index >= 15 is 0 Å². The zero-order chi connectivity index (χ0) is 18.1. The van der Waals surface area contributed by atoms with Crippen LogP contribution >= 0.6 is 24.0 Å². The second kappa shape index (κ2) is 12.0. The minimum atomic E-state index is -0.0215. The second-order valence-corrected chi connectivity index (χ2v) is 6.46. The van der Waals surface area contributed by atoms with E-state index in [0.717, 1.165) is 31.1 Å². The molecule has 146 valence electrons. The van der Waals surface area contributed by atoms with Crippen molar-refractivity contribution in [3.8, 4) is 5.75 Å². The maximum atomic E-state index is 11.6. The fourth-order valence-electron chi connectivity index (χ4n) is 2.38. The molecule has 1 aromatic rings. The first-order chi connectivity index (χ1) is 12.1. The molecule has 3 N–H and O–H groups in total. The lowest BCUT2D eigenvalue weighted by Gasteiger charge is -2.15. The highest BCUT2D eigenvalue weighted by molar-refractivity contribution is 14.0. The highest BCUT2D eigenvalue weighted by Crippen LogP contribution is 2.28. The van der Waals surface area contributed by atoms with Gasteiger partial charge in [-0.05, 0) is 51.3 Å². The van der Waals surface area contributed by atoms with Crippen LogP contribution in [0.15, 0.2) is 29.3 Å². The molecule has 0 radical (unpaired) electrons. The number of carbonyl (C=O) groups is 1. The Kier molecular flexibility index (Phi) is 10.4. The smallest absolute Gasteiger partial charge is 0.223 e. The third kappa shape index (κ3) is 8.73. The number of amides is 1. The van der Waals surface area contributed by atoms with E-state index < -0.39 is 0 Å². The van der Waals surface area contributed by atoms with Crippen LogP contribution in [0.1, 0.15) is 32.3 Å². The first kappa shape index (κ1) is 22.5. The van der Waals surface area contributed by atoms with Crippen molar-refractivity contribution in [1.82, 2.24) is 16.0 Å². The van der Waals surface area contributed by atoms with Gasteiger partial charge < -0.3 is 20.7 Å². The molecule has 0 spiro atoms. The van der Waals surface area contributed by atoms with Gasteiger partial charge in [0.2, 0.25) is 5.91 Å². The van der Waals surface area contributed by atoms with Crippen molar-refractivity contribution in [2.45, 2.75) is 39.7 Å². The number of carbonyl (C=O) groups excluding carboxylic acids is 1. The van der Waals surface area contributed by atoms with E-state index in [-0.39, 0.29) is 41.9 Å². The molecule has 0 saturated heterocycles. The summed E-state index contributed by atoms with van der Waals surface area (Å²) >= 11 is 0. The number of aliphatic imine (C=N–C) groups is 1. The highest BCUT2D eigenvalue weighted by atomic mass is 127. The van der Waals surface area contributed by atoms with Crippen molar-refractivity contribution in [3.63, 3.8) is 0 Å². The number of aryl methyl sites for hydroxylation is 1. The zero-order valence-corrected chi connectivity index (χ0v) is 18.2. The number of benzene rings is 1. The van der Waals surface area contributed by atoms with Gasteiger partial charge in [0.05, 0.1) is 6.54 Å².